The summed E-state index contributed by atoms with van der Waals surface area (Å²) in [6.45, 7) is 0. The second kappa shape index (κ2) is 6.73. The minimum Gasteiger partial charge on any atom is -0.372 e. The normalized spacial score (nSPS) is 15.5. The van der Waals surface area contributed by atoms with Crippen LogP contribution >= 0.6 is 0 Å². The van der Waals surface area contributed by atoms with Crippen LogP contribution in [0.1, 0.15) is 48.2 Å². The summed E-state index contributed by atoms with van der Waals surface area (Å²) >= 11 is 0. The van der Waals surface area contributed by atoms with Gasteiger partial charge >= 0.3 is 0 Å². The van der Waals surface area contributed by atoms with Crippen molar-refractivity contribution in [3.63, 3.8) is 0 Å². The number of pyridine rings is 1. The predicted octanol–water partition coefficient (Wildman–Crippen LogP) is 4.08. The van der Waals surface area contributed by atoms with Crippen molar-refractivity contribution in [3.05, 3.63) is 59.9 Å². The first-order valence-corrected chi connectivity index (χ1v) is 8.04. The van der Waals surface area contributed by atoms with E-state index in [2.05, 4.69) is 16.9 Å². The lowest BCUT2D eigenvalue weighted by atomic mass is 9.94. The second-order valence-electron chi connectivity index (χ2n) is 5.99. The molecule has 0 bridgehead atoms. The maximum Gasteiger partial charge on any atom is 0.211 e. The Labute approximate surface area is 132 Å². The summed E-state index contributed by atoms with van der Waals surface area (Å²) in [6, 6.07) is 14.0. The number of rotatable bonds is 4. The maximum atomic E-state index is 12.4. The molecule has 114 valence electrons. The van der Waals surface area contributed by atoms with Gasteiger partial charge in [-0.3, -0.25) is 9.78 Å². The molecular formula is C19H22N2O. The van der Waals surface area contributed by atoms with Crippen LogP contribution in [0.2, 0.25) is 0 Å². The van der Waals surface area contributed by atoms with Crippen molar-refractivity contribution >= 4 is 11.5 Å². The summed E-state index contributed by atoms with van der Waals surface area (Å²) in [5, 5.41) is 0. The third-order valence-electron chi connectivity index (χ3n) is 4.56. The molecule has 0 aliphatic heterocycles. The van der Waals surface area contributed by atoms with Gasteiger partial charge in [-0.1, -0.05) is 25.3 Å². The Morgan fingerprint density at radius 3 is 2.41 bits per heavy atom. The molecule has 2 aromatic rings. The summed E-state index contributed by atoms with van der Waals surface area (Å²) in [5.41, 5.74) is 2.37. The summed E-state index contributed by atoms with van der Waals surface area (Å²) in [4.78, 5) is 18.8. The maximum absolute atomic E-state index is 12.4. The zero-order valence-corrected chi connectivity index (χ0v) is 13.0. The van der Waals surface area contributed by atoms with Gasteiger partial charge in [0.2, 0.25) is 5.78 Å². The van der Waals surface area contributed by atoms with E-state index in [9.17, 15) is 4.79 Å². The van der Waals surface area contributed by atoms with E-state index in [0.29, 0.717) is 17.3 Å². The molecule has 0 unspecified atom stereocenters. The number of benzene rings is 1. The number of hydrogen-bond acceptors (Lipinski definition) is 3. The number of aromatic nitrogens is 1. The highest BCUT2D eigenvalue weighted by molar-refractivity contribution is 6.07. The van der Waals surface area contributed by atoms with Crippen LogP contribution in [0.25, 0.3) is 0 Å². The highest BCUT2D eigenvalue weighted by atomic mass is 16.1. The van der Waals surface area contributed by atoms with Gasteiger partial charge in [-0.05, 0) is 49.2 Å². The lowest BCUT2D eigenvalue weighted by molar-refractivity contribution is 0.103. The third-order valence-corrected chi connectivity index (χ3v) is 4.56. The third kappa shape index (κ3) is 3.19. The van der Waals surface area contributed by atoms with E-state index in [0.717, 1.165) is 0 Å². The molecule has 3 heteroatoms. The zero-order valence-electron chi connectivity index (χ0n) is 13.0. The number of nitrogens with zero attached hydrogens (tertiary/aromatic N) is 2. The number of anilines is 1. The fourth-order valence-electron chi connectivity index (χ4n) is 3.17. The summed E-state index contributed by atoms with van der Waals surface area (Å²) in [5.74, 6) is -0.0209. The molecule has 1 aliphatic carbocycles. The predicted molar refractivity (Wildman–Crippen MR) is 89.4 cm³/mol. The Kier molecular flexibility index (Phi) is 4.52. The number of carbonyl (C=O) groups excluding carboxylic acids is 1. The molecule has 3 rings (SSSR count). The van der Waals surface area contributed by atoms with E-state index in [4.69, 9.17) is 0 Å². The minimum atomic E-state index is -0.0209. The zero-order chi connectivity index (χ0) is 15.4. The second-order valence-corrected chi connectivity index (χ2v) is 5.99. The van der Waals surface area contributed by atoms with Gasteiger partial charge < -0.3 is 4.90 Å². The molecule has 1 aromatic carbocycles. The fourth-order valence-corrected chi connectivity index (χ4v) is 3.17. The van der Waals surface area contributed by atoms with Gasteiger partial charge in [0.05, 0.1) is 0 Å². The van der Waals surface area contributed by atoms with Gasteiger partial charge in [0.25, 0.3) is 0 Å². The van der Waals surface area contributed by atoms with Crippen molar-refractivity contribution in [2.45, 2.75) is 38.1 Å². The lowest BCUT2D eigenvalue weighted by Crippen LogP contribution is -2.33. The van der Waals surface area contributed by atoms with E-state index >= 15 is 0 Å². The molecule has 1 heterocycles. The van der Waals surface area contributed by atoms with E-state index in [-0.39, 0.29) is 5.78 Å². The Balaban J connectivity index is 1.73. The van der Waals surface area contributed by atoms with Crippen LogP contribution in [0, 0.1) is 0 Å². The van der Waals surface area contributed by atoms with E-state index in [1.54, 1.807) is 12.3 Å². The van der Waals surface area contributed by atoms with E-state index in [1.807, 2.05) is 36.4 Å². The quantitative estimate of drug-likeness (QED) is 0.797. The van der Waals surface area contributed by atoms with Crippen LogP contribution in [-0.4, -0.2) is 23.9 Å². The van der Waals surface area contributed by atoms with Crippen molar-refractivity contribution in [3.8, 4) is 0 Å². The van der Waals surface area contributed by atoms with Crippen LogP contribution in [0.3, 0.4) is 0 Å². The molecule has 1 aromatic heterocycles. The van der Waals surface area contributed by atoms with Gasteiger partial charge in [0.1, 0.15) is 5.69 Å². The first-order chi connectivity index (χ1) is 10.8. The molecule has 0 saturated heterocycles. The molecule has 0 N–H and O–H groups in total. The van der Waals surface area contributed by atoms with Crippen LogP contribution < -0.4 is 4.90 Å². The standard InChI is InChI=1S/C19H22N2O/c1-21(16-7-3-2-4-8-16)17-12-10-15(11-13-17)19(22)18-9-5-6-14-20-18/h5-6,9-14,16H,2-4,7-8H2,1H3. The molecule has 1 aliphatic rings. The van der Waals surface area contributed by atoms with E-state index in [1.165, 1.54) is 37.8 Å². The van der Waals surface area contributed by atoms with Crippen molar-refractivity contribution in [1.82, 2.24) is 4.98 Å². The van der Waals surface area contributed by atoms with Gasteiger partial charge in [-0.25, -0.2) is 0 Å². The van der Waals surface area contributed by atoms with Crippen molar-refractivity contribution in [1.29, 1.82) is 0 Å². The number of carbonyl (C=O) groups is 1. The highest BCUT2D eigenvalue weighted by Gasteiger charge is 2.18. The van der Waals surface area contributed by atoms with Crippen molar-refractivity contribution in [2.24, 2.45) is 0 Å². The summed E-state index contributed by atoms with van der Waals surface area (Å²) in [7, 11) is 2.16. The molecule has 0 amide bonds. The Hall–Kier alpha value is -2.16. The topological polar surface area (TPSA) is 33.2 Å². The monoisotopic (exact) mass is 294 g/mol. The largest absolute Gasteiger partial charge is 0.372 e. The number of hydrogen-bond donors (Lipinski definition) is 0. The van der Waals surface area contributed by atoms with Gasteiger partial charge in [0.15, 0.2) is 0 Å². The molecule has 1 fully saturated rings. The average molecular weight is 294 g/mol. The molecule has 22 heavy (non-hydrogen) atoms. The molecule has 3 nitrogen and oxygen atoms in total. The fraction of sp³-hybridized carbons (Fsp3) is 0.368. The van der Waals surface area contributed by atoms with E-state index < -0.39 is 0 Å². The summed E-state index contributed by atoms with van der Waals surface area (Å²) in [6.07, 6.45) is 8.20. The first kappa shape index (κ1) is 14.8. The Morgan fingerprint density at radius 1 is 1.05 bits per heavy atom. The molecule has 0 radical (unpaired) electrons. The summed E-state index contributed by atoms with van der Waals surface area (Å²) < 4.78 is 0. The average Bonchev–Trinajstić information content (AvgIpc) is 2.62. The smallest absolute Gasteiger partial charge is 0.211 e. The molecular weight excluding hydrogens is 272 g/mol. The van der Waals surface area contributed by atoms with Crippen LogP contribution in [0.15, 0.2) is 48.7 Å². The van der Waals surface area contributed by atoms with Gasteiger partial charge in [-0.15, -0.1) is 0 Å². The molecule has 0 atom stereocenters. The van der Waals surface area contributed by atoms with Crippen molar-refractivity contribution in [2.75, 3.05) is 11.9 Å². The highest BCUT2D eigenvalue weighted by Crippen LogP contribution is 2.26. The molecule has 1 saturated carbocycles. The first-order valence-electron chi connectivity index (χ1n) is 8.04. The number of ketones is 1. The Morgan fingerprint density at radius 2 is 1.77 bits per heavy atom. The Bertz CT molecular complexity index is 616. The van der Waals surface area contributed by atoms with Gasteiger partial charge in [-0.2, -0.15) is 0 Å². The minimum absolute atomic E-state index is 0.0209. The molecule has 0 spiro atoms. The SMILES string of the molecule is CN(c1ccc(C(=O)c2ccccn2)cc1)C1CCCCC1. The van der Waals surface area contributed by atoms with Gasteiger partial charge in [0, 0.05) is 30.5 Å². The van der Waals surface area contributed by atoms with Crippen LogP contribution in [0.4, 0.5) is 5.69 Å². The van der Waals surface area contributed by atoms with Crippen LogP contribution in [0.5, 0.6) is 0 Å². The lowest BCUT2D eigenvalue weighted by Gasteiger charge is -2.33. The van der Waals surface area contributed by atoms with Crippen molar-refractivity contribution < 1.29 is 4.79 Å². The van der Waals surface area contributed by atoms with Crippen LogP contribution in [-0.2, 0) is 0 Å².